The van der Waals surface area contributed by atoms with Gasteiger partial charge < -0.3 is 10.1 Å². The van der Waals surface area contributed by atoms with Crippen LogP contribution in [-0.2, 0) is 14.3 Å². The molecule has 5 aliphatic carbocycles. The van der Waals surface area contributed by atoms with Crippen LogP contribution in [0.4, 0.5) is 0 Å². The standard InChI is InChI=1S/C20H30ClNO3/c1-13-4-2-3-5-16(13)22-17(23)11-25-18(24)19-7-14-6-15(8-19)10-20(21,9-14)12-19/h13-16H,2-12H2,1H3,(H,22,23)/t13-,14-,15-,16+,19?,20?/m1/s1. The zero-order valence-corrected chi connectivity index (χ0v) is 15.9. The monoisotopic (exact) mass is 367 g/mol. The number of hydrogen-bond donors (Lipinski definition) is 1. The number of esters is 1. The van der Waals surface area contributed by atoms with E-state index in [2.05, 4.69) is 12.2 Å². The van der Waals surface area contributed by atoms with Gasteiger partial charge in [-0.15, -0.1) is 11.6 Å². The van der Waals surface area contributed by atoms with E-state index in [0.29, 0.717) is 17.8 Å². The quantitative estimate of drug-likeness (QED) is 0.607. The third kappa shape index (κ3) is 3.43. The summed E-state index contributed by atoms with van der Waals surface area (Å²) < 4.78 is 5.50. The van der Waals surface area contributed by atoms with Crippen molar-refractivity contribution in [1.82, 2.24) is 5.32 Å². The van der Waals surface area contributed by atoms with E-state index in [-0.39, 0.29) is 29.4 Å². The third-order valence-corrected chi connectivity index (χ3v) is 7.66. The van der Waals surface area contributed by atoms with E-state index in [4.69, 9.17) is 16.3 Å². The lowest BCUT2D eigenvalue weighted by molar-refractivity contribution is -0.171. The molecule has 1 amide bonds. The summed E-state index contributed by atoms with van der Waals surface area (Å²) in [6.07, 6.45) is 10.4. The SMILES string of the molecule is C[C@@H]1CCCC[C@@H]1NC(=O)COC(=O)C12C[C@H]3C[C@@H](CC(Cl)(C3)C1)C2. The van der Waals surface area contributed by atoms with Crippen molar-refractivity contribution < 1.29 is 14.3 Å². The average molecular weight is 368 g/mol. The number of nitrogens with one attached hydrogen (secondary N) is 1. The van der Waals surface area contributed by atoms with E-state index in [9.17, 15) is 9.59 Å². The molecule has 4 atom stereocenters. The molecule has 25 heavy (non-hydrogen) atoms. The van der Waals surface area contributed by atoms with Crippen molar-refractivity contribution in [2.24, 2.45) is 23.2 Å². The van der Waals surface area contributed by atoms with Crippen LogP contribution in [-0.4, -0.2) is 29.4 Å². The van der Waals surface area contributed by atoms with E-state index in [0.717, 1.165) is 44.9 Å². The minimum Gasteiger partial charge on any atom is -0.455 e. The Morgan fingerprint density at radius 1 is 1.12 bits per heavy atom. The van der Waals surface area contributed by atoms with E-state index in [1.54, 1.807) is 0 Å². The smallest absolute Gasteiger partial charge is 0.312 e. The van der Waals surface area contributed by atoms with Gasteiger partial charge in [0.25, 0.3) is 5.91 Å². The molecule has 0 aromatic rings. The molecule has 5 fully saturated rings. The Bertz CT molecular complexity index is 549. The molecule has 4 bridgehead atoms. The van der Waals surface area contributed by atoms with Gasteiger partial charge in [0.2, 0.25) is 0 Å². The number of ether oxygens (including phenoxy) is 1. The zero-order valence-electron chi connectivity index (χ0n) is 15.2. The van der Waals surface area contributed by atoms with Gasteiger partial charge in [-0.05, 0) is 69.1 Å². The first kappa shape index (κ1) is 17.6. The lowest BCUT2D eigenvalue weighted by atomic mass is 9.49. The van der Waals surface area contributed by atoms with Crippen molar-refractivity contribution in [2.75, 3.05) is 6.61 Å². The van der Waals surface area contributed by atoms with E-state index in [1.165, 1.54) is 19.3 Å². The number of amides is 1. The summed E-state index contributed by atoms with van der Waals surface area (Å²) >= 11 is 6.79. The molecule has 1 N–H and O–H groups in total. The predicted molar refractivity (Wildman–Crippen MR) is 96.2 cm³/mol. The number of alkyl halides is 1. The second-order valence-corrected chi connectivity index (χ2v) is 10.2. The first-order valence-electron chi connectivity index (χ1n) is 10.0. The number of carbonyl (C=O) groups excluding carboxylic acids is 2. The van der Waals surface area contributed by atoms with Crippen LogP contribution in [0.2, 0.25) is 0 Å². The van der Waals surface area contributed by atoms with Crippen molar-refractivity contribution in [3.05, 3.63) is 0 Å². The van der Waals surface area contributed by atoms with Crippen molar-refractivity contribution in [2.45, 2.75) is 82.0 Å². The highest BCUT2D eigenvalue weighted by molar-refractivity contribution is 6.24. The lowest BCUT2D eigenvalue weighted by Gasteiger charge is -2.58. The lowest BCUT2D eigenvalue weighted by Crippen LogP contribution is -2.56. The van der Waals surface area contributed by atoms with Gasteiger partial charge in [-0.2, -0.15) is 0 Å². The molecule has 5 rings (SSSR count). The molecule has 5 saturated carbocycles. The summed E-state index contributed by atoms with van der Waals surface area (Å²) in [4.78, 5) is 24.9. The Balaban J connectivity index is 1.32. The first-order chi connectivity index (χ1) is 11.9. The number of halogens is 1. The molecule has 4 nitrogen and oxygen atoms in total. The molecule has 0 saturated heterocycles. The summed E-state index contributed by atoms with van der Waals surface area (Å²) in [5.74, 6) is 1.29. The van der Waals surface area contributed by atoms with Gasteiger partial charge in [0, 0.05) is 10.9 Å². The fourth-order valence-electron chi connectivity index (χ4n) is 6.45. The van der Waals surface area contributed by atoms with Crippen LogP contribution in [0.5, 0.6) is 0 Å². The molecule has 0 aromatic carbocycles. The van der Waals surface area contributed by atoms with Crippen molar-refractivity contribution in [3.8, 4) is 0 Å². The molecule has 0 spiro atoms. The summed E-state index contributed by atoms with van der Waals surface area (Å²) in [6, 6.07) is 0.227. The molecular weight excluding hydrogens is 338 g/mol. The van der Waals surface area contributed by atoms with Gasteiger partial charge in [-0.1, -0.05) is 19.8 Å². The van der Waals surface area contributed by atoms with Crippen molar-refractivity contribution in [1.29, 1.82) is 0 Å². The molecule has 0 heterocycles. The Labute approximate surface area is 155 Å². The van der Waals surface area contributed by atoms with Gasteiger partial charge in [-0.3, -0.25) is 9.59 Å². The number of rotatable bonds is 4. The topological polar surface area (TPSA) is 55.4 Å². The van der Waals surface area contributed by atoms with Crippen LogP contribution in [0, 0.1) is 23.2 Å². The molecule has 5 heteroatoms. The van der Waals surface area contributed by atoms with Crippen LogP contribution in [0.25, 0.3) is 0 Å². The van der Waals surface area contributed by atoms with Gasteiger partial charge in [-0.25, -0.2) is 0 Å². The van der Waals surface area contributed by atoms with Crippen LogP contribution in [0.3, 0.4) is 0 Å². The summed E-state index contributed by atoms with van der Waals surface area (Å²) in [5.41, 5.74) is -0.426. The van der Waals surface area contributed by atoms with Gasteiger partial charge in [0.1, 0.15) is 0 Å². The summed E-state index contributed by atoms with van der Waals surface area (Å²) in [7, 11) is 0. The van der Waals surface area contributed by atoms with Gasteiger partial charge >= 0.3 is 5.97 Å². The average Bonchev–Trinajstić information content (AvgIpc) is 2.52. The van der Waals surface area contributed by atoms with Gasteiger partial charge in [0.15, 0.2) is 6.61 Å². The van der Waals surface area contributed by atoms with E-state index >= 15 is 0 Å². The second kappa shape index (κ2) is 6.44. The van der Waals surface area contributed by atoms with Crippen LogP contribution in [0.15, 0.2) is 0 Å². The van der Waals surface area contributed by atoms with Crippen LogP contribution < -0.4 is 5.32 Å². The van der Waals surface area contributed by atoms with E-state index in [1.807, 2.05) is 0 Å². The van der Waals surface area contributed by atoms with Gasteiger partial charge in [0.05, 0.1) is 5.41 Å². The summed E-state index contributed by atoms with van der Waals surface area (Å²) in [5, 5.41) is 3.06. The molecule has 0 aliphatic heterocycles. The second-order valence-electron chi connectivity index (χ2n) is 9.40. The highest BCUT2D eigenvalue weighted by atomic mass is 35.5. The fourth-order valence-corrected chi connectivity index (χ4v) is 7.15. The maximum absolute atomic E-state index is 12.8. The molecule has 0 aromatic heterocycles. The Kier molecular flexibility index (Phi) is 4.54. The minimum absolute atomic E-state index is 0.144. The Morgan fingerprint density at radius 2 is 1.80 bits per heavy atom. The maximum atomic E-state index is 12.8. The fraction of sp³-hybridized carbons (Fsp3) is 0.900. The highest BCUT2D eigenvalue weighted by Crippen LogP contribution is 2.64. The molecule has 0 radical (unpaired) electrons. The molecule has 0 unspecified atom stereocenters. The molecular formula is C20H30ClNO3. The molecule has 140 valence electrons. The Morgan fingerprint density at radius 3 is 2.44 bits per heavy atom. The van der Waals surface area contributed by atoms with Crippen LogP contribution in [0.1, 0.15) is 71.1 Å². The van der Waals surface area contributed by atoms with Crippen molar-refractivity contribution in [3.63, 3.8) is 0 Å². The van der Waals surface area contributed by atoms with Crippen LogP contribution >= 0.6 is 11.6 Å². The summed E-state index contributed by atoms with van der Waals surface area (Å²) in [6.45, 7) is 2.04. The zero-order chi connectivity index (χ0) is 17.7. The highest BCUT2D eigenvalue weighted by Gasteiger charge is 2.60. The number of carbonyl (C=O) groups is 2. The normalized spacial score (nSPS) is 45.2. The number of hydrogen-bond acceptors (Lipinski definition) is 3. The predicted octanol–water partition coefficient (Wildman–Crippen LogP) is 3.80. The Hall–Kier alpha value is -0.770. The molecule has 5 aliphatic rings. The maximum Gasteiger partial charge on any atom is 0.312 e. The largest absolute Gasteiger partial charge is 0.455 e. The van der Waals surface area contributed by atoms with E-state index < -0.39 is 5.41 Å². The first-order valence-corrected chi connectivity index (χ1v) is 10.4. The minimum atomic E-state index is -0.426. The van der Waals surface area contributed by atoms with Crippen molar-refractivity contribution >= 4 is 23.5 Å². The third-order valence-electron chi connectivity index (χ3n) is 7.21.